The summed E-state index contributed by atoms with van der Waals surface area (Å²) in [6, 6.07) is 18.6. The predicted molar refractivity (Wildman–Crippen MR) is 133 cm³/mol. The second-order valence-electron chi connectivity index (χ2n) is 7.74. The lowest BCUT2D eigenvalue weighted by molar-refractivity contribution is 0.102. The van der Waals surface area contributed by atoms with E-state index in [0.717, 1.165) is 45.0 Å². The summed E-state index contributed by atoms with van der Waals surface area (Å²) in [5.74, 6) is 0.164. The van der Waals surface area contributed by atoms with Gasteiger partial charge in [0.25, 0.3) is 0 Å². The van der Waals surface area contributed by atoms with Crippen molar-refractivity contribution >= 4 is 34.0 Å². The van der Waals surface area contributed by atoms with E-state index in [-0.39, 0.29) is 11.6 Å². The molecule has 170 valence electrons. The van der Waals surface area contributed by atoms with Crippen LogP contribution >= 0.6 is 23.1 Å². The van der Waals surface area contributed by atoms with Gasteiger partial charge in [-0.15, -0.1) is 10.2 Å². The summed E-state index contributed by atoms with van der Waals surface area (Å²) in [6.45, 7) is 5.42. The minimum atomic E-state index is -0.230. The van der Waals surface area contributed by atoms with Crippen LogP contribution in [-0.2, 0) is 19.5 Å². The van der Waals surface area contributed by atoms with Crippen molar-refractivity contribution in [1.29, 1.82) is 0 Å². The van der Waals surface area contributed by atoms with Gasteiger partial charge in [-0.25, -0.2) is 4.39 Å². The molecule has 4 aromatic rings. The average molecular weight is 481 g/mol. The molecule has 0 aliphatic carbocycles. The van der Waals surface area contributed by atoms with Gasteiger partial charge >= 0.3 is 0 Å². The Kier molecular flexibility index (Phi) is 7.57. The number of ketones is 1. The van der Waals surface area contributed by atoms with E-state index in [1.807, 2.05) is 38.1 Å². The van der Waals surface area contributed by atoms with E-state index in [2.05, 4.69) is 32.2 Å². The third-order valence-electron chi connectivity index (χ3n) is 5.43. The fraction of sp³-hybridized carbons (Fsp3) is 0.240. The van der Waals surface area contributed by atoms with Gasteiger partial charge in [0.1, 0.15) is 5.82 Å². The van der Waals surface area contributed by atoms with Gasteiger partial charge in [0, 0.05) is 30.0 Å². The van der Waals surface area contributed by atoms with Gasteiger partial charge in [0.2, 0.25) is 5.13 Å². The predicted octanol–water partition coefficient (Wildman–Crippen LogP) is 5.93. The summed E-state index contributed by atoms with van der Waals surface area (Å²) in [5, 5.41) is 12.4. The number of anilines is 1. The Bertz CT molecular complexity index is 1220. The quantitative estimate of drug-likeness (QED) is 0.225. The normalized spacial score (nSPS) is 11.0. The number of hydrogen-bond donors (Lipinski definition) is 1. The lowest BCUT2D eigenvalue weighted by Crippen LogP contribution is -2.08. The van der Waals surface area contributed by atoms with Crippen molar-refractivity contribution in [2.75, 3.05) is 11.1 Å². The van der Waals surface area contributed by atoms with E-state index in [0.29, 0.717) is 12.3 Å². The number of carbonyl (C=O) groups is 1. The number of Topliss-reactive ketones (excluding diaryl/α,β-unsaturated/α-hetero) is 1. The first-order chi connectivity index (χ1) is 16.0. The molecule has 0 atom stereocenters. The summed E-state index contributed by atoms with van der Waals surface area (Å²) in [6.07, 6.45) is 0.780. The molecule has 2 heterocycles. The van der Waals surface area contributed by atoms with Crippen LogP contribution in [-0.4, -0.2) is 26.3 Å². The number of aromatic nitrogens is 3. The first-order valence-electron chi connectivity index (χ1n) is 10.7. The zero-order valence-electron chi connectivity index (χ0n) is 18.5. The van der Waals surface area contributed by atoms with Crippen molar-refractivity contribution in [2.24, 2.45) is 0 Å². The van der Waals surface area contributed by atoms with Gasteiger partial charge in [-0.1, -0.05) is 65.6 Å². The molecule has 0 bridgehead atoms. The minimum absolute atomic E-state index is 0.0788. The molecule has 0 amide bonds. The molecule has 33 heavy (non-hydrogen) atoms. The van der Waals surface area contributed by atoms with Crippen LogP contribution in [0.15, 0.2) is 65.0 Å². The molecule has 8 heteroatoms. The lowest BCUT2D eigenvalue weighted by atomic mass is 10.1. The maximum absolute atomic E-state index is 13.1. The van der Waals surface area contributed by atoms with Gasteiger partial charge < -0.3 is 9.88 Å². The number of thioether (sulfide) groups is 1. The highest BCUT2D eigenvalue weighted by Crippen LogP contribution is 2.27. The van der Waals surface area contributed by atoms with Crippen LogP contribution in [0.2, 0.25) is 0 Å². The van der Waals surface area contributed by atoms with Crippen LogP contribution in [0.4, 0.5) is 9.52 Å². The second kappa shape index (κ2) is 10.8. The van der Waals surface area contributed by atoms with E-state index < -0.39 is 0 Å². The number of nitrogens with one attached hydrogen (secondary N) is 1. The van der Waals surface area contributed by atoms with Crippen LogP contribution in [0.3, 0.4) is 0 Å². The number of hydrogen-bond acceptors (Lipinski definition) is 6. The molecule has 4 rings (SSSR count). The second-order valence-corrected chi connectivity index (χ2v) is 9.94. The smallest absolute Gasteiger partial charge is 0.206 e. The summed E-state index contributed by atoms with van der Waals surface area (Å²) >= 11 is 2.87. The Hall–Kier alpha value is -2.97. The van der Waals surface area contributed by atoms with Gasteiger partial charge in [0.05, 0.1) is 5.75 Å². The van der Waals surface area contributed by atoms with E-state index in [1.165, 1.54) is 40.8 Å². The Labute approximate surface area is 201 Å². The van der Waals surface area contributed by atoms with Crippen LogP contribution in [0.5, 0.6) is 0 Å². The number of aryl methyl sites for hydroxylation is 2. The fourth-order valence-electron chi connectivity index (χ4n) is 3.64. The van der Waals surface area contributed by atoms with Crippen LogP contribution in [0.25, 0.3) is 0 Å². The lowest BCUT2D eigenvalue weighted by Gasteiger charge is -2.10. The van der Waals surface area contributed by atoms with E-state index in [4.69, 9.17) is 0 Å². The first kappa shape index (κ1) is 23.2. The molecule has 5 nitrogen and oxygen atoms in total. The summed E-state index contributed by atoms with van der Waals surface area (Å²) in [4.78, 5) is 12.9. The zero-order chi connectivity index (χ0) is 23.2. The van der Waals surface area contributed by atoms with Crippen LogP contribution < -0.4 is 5.32 Å². The molecule has 0 spiro atoms. The molecule has 0 saturated heterocycles. The molecule has 0 radical (unpaired) electrons. The van der Waals surface area contributed by atoms with E-state index >= 15 is 0 Å². The third kappa shape index (κ3) is 6.09. The molecule has 1 N–H and O–H groups in total. The van der Waals surface area contributed by atoms with Crippen molar-refractivity contribution in [3.8, 4) is 0 Å². The summed E-state index contributed by atoms with van der Waals surface area (Å²) < 4.78 is 16.0. The topological polar surface area (TPSA) is 59.8 Å². The number of nitrogens with zero attached hydrogens (tertiary/aromatic N) is 3. The maximum atomic E-state index is 13.1. The van der Waals surface area contributed by atoms with Gasteiger partial charge in [-0.05, 0) is 49.6 Å². The largest absolute Gasteiger partial charge is 0.356 e. The molecule has 0 unspecified atom stereocenters. The molecular weight excluding hydrogens is 455 g/mol. The van der Waals surface area contributed by atoms with E-state index in [9.17, 15) is 9.18 Å². The molecular formula is C25H25FN4OS2. The molecule has 0 fully saturated rings. The van der Waals surface area contributed by atoms with Crippen LogP contribution in [0.1, 0.15) is 32.9 Å². The number of rotatable bonds is 10. The van der Waals surface area contributed by atoms with Gasteiger partial charge in [-0.2, -0.15) is 0 Å². The Balaban J connectivity index is 1.32. The summed E-state index contributed by atoms with van der Waals surface area (Å²) in [7, 11) is 0. The standard InChI is InChI=1S/C25H25FN4OS2/c1-17-14-22(18(2)30(17)13-12-19-8-10-21(26)11-9-19)23(31)16-32-25-29-28-24(33-25)27-15-20-6-4-3-5-7-20/h3-11,14H,12-13,15-16H2,1-2H3,(H,27,28). The van der Waals surface area contributed by atoms with Crippen molar-refractivity contribution in [2.45, 2.75) is 37.7 Å². The zero-order valence-corrected chi connectivity index (χ0v) is 20.2. The monoisotopic (exact) mass is 480 g/mol. The number of carbonyl (C=O) groups excluding carboxylic acids is 1. The molecule has 0 aliphatic heterocycles. The maximum Gasteiger partial charge on any atom is 0.206 e. The fourth-order valence-corrected chi connectivity index (χ4v) is 5.27. The minimum Gasteiger partial charge on any atom is -0.356 e. The number of halogens is 1. The molecule has 2 aromatic carbocycles. The third-order valence-corrected chi connectivity index (χ3v) is 7.45. The van der Waals surface area contributed by atoms with Crippen molar-refractivity contribution in [3.05, 3.63) is 94.6 Å². The average Bonchev–Trinajstić information content (AvgIpc) is 3.40. The molecule has 0 aliphatic rings. The van der Waals surface area contributed by atoms with E-state index in [1.54, 1.807) is 12.1 Å². The van der Waals surface area contributed by atoms with Crippen molar-refractivity contribution in [1.82, 2.24) is 14.8 Å². The Morgan fingerprint density at radius 1 is 1.06 bits per heavy atom. The number of benzene rings is 2. The van der Waals surface area contributed by atoms with Gasteiger partial charge in [0.15, 0.2) is 10.1 Å². The Morgan fingerprint density at radius 3 is 2.58 bits per heavy atom. The highest BCUT2D eigenvalue weighted by Gasteiger charge is 2.17. The highest BCUT2D eigenvalue weighted by atomic mass is 32.2. The van der Waals surface area contributed by atoms with Crippen molar-refractivity contribution < 1.29 is 9.18 Å². The molecule has 0 saturated carbocycles. The SMILES string of the molecule is Cc1cc(C(=O)CSc2nnc(NCc3ccccc3)s2)c(C)n1CCc1ccc(F)cc1. The van der Waals surface area contributed by atoms with Crippen LogP contribution in [0, 0.1) is 19.7 Å². The highest BCUT2D eigenvalue weighted by molar-refractivity contribution is 8.01. The molecule has 2 aromatic heterocycles. The van der Waals surface area contributed by atoms with Gasteiger partial charge in [-0.3, -0.25) is 4.79 Å². The van der Waals surface area contributed by atoms with Crippen molar-refractivity contribution in [3.63, 3.8) is 0 Å². The first-order valence-corrected chi connectivity index (χ1v) is 12.5. The summed E-state index contributed by atoms with van der Waals surface area (Å²) in [5.41, 5.74) is 4.99. The Morgan fingerprint density at radius 2 is 1.82 bits per heavy atom.